The number of nitrogen functional groups attached to an aromatic ring is 7. The van der Waals surface area contributed by atoms with E-state index in [1.807, 2.05) is 94.2 Å². The van der Waals surface area contributed by atoms with Crippen LogP contribution in [-0.4, -0.2) is 124 Å². The molecule has 2 aliphatic heterocycles. The van der Waals surface area contributed by atoms with Crippen LogP contribution in [0, 0.1) is 39.5 Å². The Morgan fingerprint density at radius 2 is 0.871 bits per heavy atom. The van der Waals surface area contributed by atoms with E-state index in [4.69, 9.17) is 63.8 Å². The topological polar surface area (TPSA) is 400 Å². The van der Waals surface area contributed by atoms with Crippen molar-refractivity contribution in [2.75, 3.05) is 47.2 Å². The minimum absolute atomic E-state index is 0. The number of nitrogens with zero attached hydrogens (tertiary/aromatic N) is 12. The van der Waals surface area contributed by atoms with E-state index in [1.165, 1.54) is 44.3 Å². The lowest BCUT2D eigenvalue weighted by molar-refractivity contribution is -0.168. The van der Waals surface area contributed by atoms with E-state index in [1.54, 1.807) is 54.6 Å². The van der Waals surface area contributed by atoms with Gasteiger partial charge in [0.05, 0.1) is 81.9 Å². The van der Waals surface area contributed by atoms with E-state index in [0.717, 1.165) is 52.5 Å². The van der Waals surface area contributed by atoms with Crippen LogP contribution in [0.2, 0.25) is 0 Å². The maximum absolute atomic E-state index is 14.8. The van der Waals surface area contributed by atoms with Crippen LogP contribution >= 0.6 is 31.9 Å². The average molecular weight is 1720 g/mol. The first-order chi connectivity index (χ1) is 54.1. The molecule has 32 heteroatoms. The fourth-order valence-corrected chi connectivity index (χ4v) is 17.7. The largest absolute Gasteiger partial charge is 0.492 e. The number of benzene rings is 4. The highest BCUT2D eigenvalue weighted by atomic mass is 79.9. The molecular weight excluding hydrogens is 1620 g/mol. The number of aryl methyl sites for hydroxylation is 2. The number of hydrogen-bond acceptors (Lipinski definition) is 23. The molecule has 5 aliphatic rings. The SMILES string of the molecule is C.C.C=C[C@@]1(C)C[C@@H](n2ccc3c(N)ncnc32)[C@@H]2OC(C)(C)O[C@@H]21.CC1(C)O[C@H]2[C@H](n3ccc4c(N)ncnc43)C[C@](C)(CCc3cc(F)c4ccc(N)nc4c3)[C@H]2O1.COc1c(N)cc(Br)cc1F.C[C@]1(CCc2cc(F)c3ccc(N)nc3c2)C[C@@H](n2ccc3c(N)ncnc32)[C@H](O)[C@@H]1O.Nc1ccc2c(F)cc(Br)cc2n1. The van der Waals surface area contributed by atoms with E-state index in [-0.39, 0.29) is 91.4 Å². The average Bonchev–Trinajstić information content (AvgIpc) is 1.57. The van der Waals surface area contributed by atoms with Crippen molar-refractivity contribution in [3.05, 3.63) is 197 Å². The summed E-state index contributed by atoms with van der Waals surface area (Å²) in [5, 5.41) is 25.6. The monoisotopic (exact) mass is 1720 g/mol. The predicted molar refractivity (Wildman–Crippen MR) is 452 cm³/mol. The molecule has 2 saturated heterocycles. The fourth-order valence-electron chi connectivity index (χ4n) is 16.8. The number of nitrogens with two attached hydrogens (primary N) is 7. The normalized spacial score (nSPS) is 24.6. The van der Waals surface area contributed by atoms with Crippen LogP contribution in [-0.2, 0) is 31.8 Å². The Kier molecular flexibility index (Phi) is 24.1. The van der Waals surface area contributed by atoms with E-state index in [0.29, 0.717) is 119 Å². The second-order valence-electron chi connectivity index (χ2n) is 31.4. The Balaban J connectivity index is 0.000000141. The Morgan fingerprint density at radius 1 is 0.483 bits per heavy atom. The molecule has 0 spiro atoms. The molecular formula is C84H97Br2F4N19O7. The third-order valence-electron chi connectivity index (χ3n) is 22.6. The molecule has 26 nitrogen and oxygen atoms in total. The van der Waals surface area contributed by atoms with Crippen LogP contribution in [0.5, 0.6) is 5.75 Å². The molecule has 18 rings (SSSR count). The summed E-state index contributed by atoms with van der Waals surface area (Å²) < 4.78 is 92.9. The molecule has 9 aromatic heterocycles. The number of aliphatic hydroxyl groups excluding tert-OH is 2. The summed E-state index contributed by atoms with van der Waals surface area (Å²) in [6.07, 6.45) is 14.8. The quantitative estimate of drug-likeness (QED) is 0.0330. The van der Waals surface area contributed by atoms with Crippen LogP contribution in [0.25, 0.3) is 65.8 Å². The molecule has 612 valence electrons. The van der Waals surface area contributed by atoms with Gasteiger partial charge in [0.2, 0.25) is 0 Å². The molecule has 13 aromatic rings. The van der Waals surface area contributed by atoms with Crippen LogP contribution in [0.3, 0.4) is 0 Å². The lowest BCUT2D eigenvalue weighted by Crippen LogP contribution is -2.35. The minimum atomic E-state index is -0.971. The first-order valence-corrected chi connectivity index (χ1v) is 38.6. The maximum atomic E-state index is 14.8. The van der Waals surface area contributed by atoms with Gasteiger partial charge in [-0.25, -0.2) is 62.4 Å². The maximum Gasteiger partial charge on any atom is 0.177 e. The zero-order chi connectivity index (χ0) is 81.4. The Hall–Kier alpha value is -10.5. The second kappa shape index (κ2) is 32.9. The molecule has 4 aromatic carbocycles. The van der Waals surface area contributed by atoms with Gasteiger partial charge in [-0.2, -0.15) is 0 Å². The van der Waals surface area contributed by atoms with Crippen molar-refractivity contribution in [3.8, 4) is 5.75 Å². The highest BCUT2D eigenvalue weighted by Gasteiger charge is 2.61. The molecule has 3 saturated carbocycles. The van der Waals surface area contributed by atoms with Gasteiger partial charge in [0.1, 0.15) is 107 Å². The van der Waals surface area contributed by atoms with Gasteiger partial charge in [0.25, 0.3) is 0 Å². The molecule has 0 amide bonds. The van der Waals surface area contributed by atoms with E-state index >= 15 is 0 Å². The molecule has 11 heterocycles. The number of fused-ring (bicyclic) bond motifs is 8. The number of pyridine rings is 3. The number of aliphatic hydroxyl groups is 2. The van der Waals surface area contributed by atoms with Gasteiger partial charge in [0, 0.05) is 49.1 Å². The molecule has 116 heavy (non-hydrogen) atoms. The summed E-state index contributed by atoms with van der Waals surface area (Å²) >= 11 is 6.29. The Morgan fingerprint density at radius 3 is 1.32 bits per heavy atom. The van der Waals surface area contributed by atoms with Crippen LogP contribution in [0.1, 0.15) is 125 Å². The van der Waals surface area contributed by atoms with Crippen molar-refractivity contribution in [1.82, 2.24) is 58.6 Å². The number of anilines is 7. The van der Waals surface area contributed by atoms with Crippen LogP contribution < -0.4 is 44.9 Å². The van der Waals surface area contributed by atoms with Crippen molar-refractivity contribution in [2.45, 2.75) is 175 Å². The highest BCUT2D eigenvalue weighted by Crippen LogP contribution is 2.57. The van der Waals surface area contributed by atoms with Gasteiger partial charge in [-0.3, -0.25) is 0 Å². The van der Waals surface area contributed by atoms with Crippen molar-refractivity contribution >= 4 is 138 Å². The lowest BCUT2D eigenvalue weighted by atomic mass is 9.80. The lowest BCUT2D eigenvalue weighted by Gasteiger charge is -2.32. The number of methoxy groups -OCH3 is 1. The number of ether oxygens (including phenoxy) is 5. The standard InChI is InChI=1S/C26H29FN6O2.C23H25FN6O2.C17H22N4O2.C9H6BrFN2.C7H7BrFNO.2CH4/c1-25(2)34-21-19(33-9-7-16-23(29)30-13-31-24(16)33)12-26(3,22(21)35-25)8-6-14-10-17(27)15-4-5-20(28)32-18(15)11-14;1-23(6-4-12-8-15(24)13-2-3-18(25)29-16(13)9-12)10-17(19(31)20(23)32)30-7-5-14-21(26)27-11-28-22(14)30;1-5-17(4)8-11(12-13(17)23-16(2,3)22-12)21-7-6-10-14(18)19-9-20-15(10)21;10-5-3-7(11)6-1-2-9(12)13-8(6)4-5;1-11-7-5(9)2-4(8)3-6(7)10;;/h4-5,7,9-11,13,19,21-22H,6,8,12H2,1-3H3,(H2,28,32)(H2,29,30,31);2-3,5,7-9,11,17,19-20,31-32H,4,6,10H2,1H3,(H2,25,29)(H2,26,27,28);5-7,9,11-13H,1,8H2,2-4H3,(H2,18,19,20);1-4H,(H2,12,13);2-3H,10H2,1H3;2*1H4/t19-,21+,22+,26+;17-,19+,20+,23+;11-,12+,13+,17+;;;;/m111..../s1. The van der Waals surface area contributed by atoms with Crippen LogP contribution in [0.15, 0.2) is 162 Å². The molecule has 12 atom stereocenters. The zero-order valence-corrected chi connectivity index (χ0v) is 67.0. The van der Waals surface area contributed by atoms with Gasteiger partial charge in [-0.15, -0.1) is 6.58 Å². The number of hydrogen-bond donors (Lipinski definition) is 9. The number of halogens is 6. The summed E-state index contributed by atoms with van der Waals surface area (Å²) in [7, 11) is 1.38. The molecule has 5 fully saturated rings. The molecule has 0 unspecified atom stereocenters. The third-order valence-corrected chi connectivity index (χ3v) is 23.5. The first-order valence-electron chi connectivity index (χ1n) is 37.0. The summed E-state index contributed by atoms with van der Waals surface area (Å²) in [6, 6.07) is 28.1. The van der Waals surface area contributed by atoms with Crippen molar-refractivity contribution in [2.24, 2.45) is 16.2 Å². The summed E-state index contributed by atoms with van der Waals surface area (Å²) in [6.45, 7) is 18.2. The first kappa shape index (κ1) is 84.9. The van der Waals surface area contributed by atoms with Crippen molar-refractivity contribution in [3.63, 3.8) is 0 Å². The van der Waals surface area contributed by atoms with E-state index in [2.05, 4.69) is 106 Å². The number of rotatable bonds is 11. The predicted octanol–water partition coefficient (Wildman–Crippen LogP) is 15.8. The zero-order valence-electron chi connectivity index (χ0n) is 63.8. The Labute approximate surface area is 684 Å². The van der Waals surface area contributed by atoms with Gasteiger partial charge in [-0.1, -0.05) is 73.6 Å². The summed E-state index contributed by atoms with van der Waals surface area (Å²) in [5.41, 5.74) is 45.4. The van der Waals surface area contributed by atoms with Gasteiger partial charge >= 0.3 is 0 Å². The highest BCUT2D eigenvalue weighted by molar-refractivity contribution is 9.10. The third kappa shape index (κ3) is 16.7. The van der Waals surface area contributed by atoms with Crippen molar-refractivity contribution < 1.29 is 51.5 Å². The minimum Gasteiger partial charge on any atom is -0.492 e. The molecule has 0 bridgehead atoms. The fraction of sp³-hybridized carbons (Fsp3) is 0.369. The van der Waals surface area contributed by atoms with Crippen LogP contribution in [0.4, 0.5) is 58.2 Å². The summed E-state index contributed by atoms with van der Waals surface area (Å²) in [4.78, 5) is 38.0. The smallest absolute Gasteiger partial charge is 0.177 e. The van der Waals surface area contributed by atoms with Gasteiger partial charge in [-0.05, 0) is 198 Å². The molecule has 16 N–H and O–H groups in total. The molecule has 3 aliphatic carbocycles. The summed E-state index contributed by atoms with van der Waals surface area (Å²) in [5.74, 6) is -0.136. The van der Waals surface area contributed by atoms with E-state index < -0.39 is 35.0 Å². The second-order valence-corrected chi connectivity index (χ2v) is 33.3. The van der Waals surface area contributed by atoms with Gasteiger partial charge < -0.3 is 87.7 Å². The van der Waals surface area contributed by atoms with E-state index in [9.17, 15) is 27.8 Å². The number of aromatic nitrogens is 12. The molecule has 0 radical (unpaired) electrons. The Bertz CT molecular complexity index is 5810. The van der Waals surface area contributed by atoms with Gasteiger partial charge in [0.15, 0.2) is 23.1 Å². The van der Waals surface area contributed by atoms with Crippen molar-refractivity contribution in [1.29, 1.82) is 0 Å².